The van der Waals surface area contributed by atoms with Crippen LogP contribution in [0.1, 0.15) is 25.0 Å². The first-order chi connectivity index (χ1) is 11.2. The lowest BCUT2D eigenvalue weighted by atomic mass is 9.89. The van der Waals surface area contributed by atoms with Gasteiger partial charge in [0.25, 0.3) is 5.69 Å². The third kappa shape index (κ3) is 4.02. The molecule has 0 bridgehead atoms. The first-order valence-corrected chi connectivity index (χ1v) is 7.58. The topological polar surface area (TPSA) is 81.5 Å². The van der Waals surface area contributed by atoms with Crippen LogP contribution < -0.4 is 10.1 Å². The number of amides is 1. The minimum Gasteiger partial charge on any atom is -0.457 e. The van der Waals surface area contributed by atoms with Gasteiger partial charge in [0.05, 0.1) is 10.5 Å². The van der Waals surface area contributed by atoms with Crippen molar-refractivity contribution in [3.63, 3.8) is 0 Å². The third-order valence-electron chi connectivity index (χ3n) is 3.55. The van der Waals surface area contributed by atoms with Crippen LogP contribution in [0.2, 0.25) is 0 Å². The van der Waals surface area contributed by atoms with Gasteiger partial charge < -0.3 is 10.1 Å². The molecule has 0 saturated carbocycles. The summed E-state index contributed by atoms with van der Waals surface area (Å²) in [5.74, 6) is 1.000. The van der Waals surface area contributed by atoms with Gasteiger partial charge in [-0.3, -0.25) is 14.9 Å². The maximum Gasteiger partial charge on any atom is 0.314 e. The summed E-state index contributed by atoms with van der Waals surface area (Å²) >= 11 is 5.47. The lowest BCUT2D eigenvalue weighted by Crippen LogP contribution is -2.39. The number of carbonyl (C=O) groups excluding carboxylic acids is 1. The second-order valence-corrected chi connectivity index (χ2v) is 6.17. The molecule has 1 N–H and O–H groups in total. The van der Waals surface area contributed by atoms with Crippen molar-refractivity contribution in [1.29, 1.82) is 0 Å². The Bertz CT molecular complexity index is 773. The largest absolute Gasteiger partial charge is 0.457 e. The van der Waals surface area contributed by atoms with Gasteiger partial charge in [0.1, 0.15) is 11.5 Å². The number of aryl methyl sites for hydroxylation is 1. The summed E-state index contributed by atoms with van der Waals surface area (Å²) in [4.78, 5) is 21.5. The maximum atomic E-state index is 11.3. The average molecular weight is 349 g/mol. The van der Waals surface area contributed by atoms with Crippen molar-refractivity contribution in [3.8, 4) is 11.5 Å². The fourth-order valence-electron chi connectivity index (χ4n) is 2.60. The smallest absolute Gasteiger partial charge is 0.314 e. The maximum absolute atomic E-state index is 11.3. The zero-order valence-corrected chi connectivity index (χ0v) is 14.3. The number of nitrogens with one attached hydrogen (secondary N) is 1. The monoisotopic (exact) mass is 348 g/mol. The molecule has 0 aliphatic rings. The van der Waals surface area contributed by atoms with E-state index in [1.807, 2.05) is 32.9 Å². The van der Waals surface area contributed by atoms with Gasteiger partial charge in [0.2, 0.25) is 0 Å². The molecule has 0 fully saturated rings. The average Bonchev–Trinajstić information content (AvgIpc) is 2.46. The van der Waals surface area contributed by atoms with E-state index in [4.69, 9.17) is 16.3 Å². The summed E-state index contributed by atoms with van der Waals surface area (Å²) in [6.07, 6.45) is 0. The van der Waals surface area contributed by atoms with Gasteiger partial charge in [-0.1, -0.05) is 12.1 Å². The van der Waals surface area contributed by atoms with Crippen LogP contribution in [0.5, 0.6) is 11.5 Å². The van der Waals surface area contributed by atoms with Crippen molar-refractivity contribution >= 4 is 22.7 Å². The molecule has 24 heavy (non-hydrogen) atoms. The summed E-state index contributed by atoms with van der Waals surface area (Å²) in [6, 6.07) is 11.3. The zero-order chi connectivity index (χ0) is 17.9. The molecule has 2 aromatic carbocycles. The van der Waals surface area contributed by atoms with E-state index in [1.165, 1.54) is 24.3 Å². The number of benzene rings is 2. The van der Waals surface area contributed by atoms with Crippen LogP contribution in [0.4, 0.5) is 10.5 Å². The number of hydrogen-bond donors (Lipinski definition) is 1. The predicted molar refractivity (Wildman–Crippen MR) is 91.8 cm³/mol. The summed E-state index contributed by atoms with van der Waals surface area (Å²) in [5, 5.41) is 12.7. The number of hydrogen-bond acceptors (Lipinski definition) is 4. The second-order valence-electron chi connectivity index (χ2n) is 5.82. The molecule has 1 amide bonds. The molecule has 126 valence electrons. The number of halogens is 1. The SMILES string of the molecule is Cc1cccc(Oc2ccc([N+](=O)[O-])cc2)c1C(C)(C)NC(=O)Cl. The first-order valence-electron chi connectivity index (χ1n) is 7.21. The summed E-state index contributed by atoms with van der Waals surface area (Å²) in [6.45, 7) is 5.54. The number of non-ortho nitro benzene ring substituents is 1. The second kappa shape index (κ2) is 6.88. The molecule has 0 radical (unpaired) electrons. The summed E-state index contributed by atoms with van der Waals surface area (Å²) in [5.41, 5.74) is 0.934. The predicted octanol–water partition coefficient (Wildman–Crippen LogP) is 4.88. The molecule has 0 aliphatic heterocycles. The highest BCUT2D eigenvalue weighted by Crippen LogP contribution is 2.36. The molecule has 0 spiro atoms. The van der Waals surface area contributed by atoms with Crippen molar-refractivity contribution in [3.05, 3.63) is 63.7 Å². The van der Waals surface area contributed by atoms with Crippen LogP contribution >= 0.6 is 11.6 Å². The molecule has 0 heterocycles. The van der Waals surface area contributed by atoms with Gasteiger partial charge in [-0.15, -0.1) is 0 Å². The normalized spacial score (nSPS) is 11.0. The molecule has 0 aromatic heterocycles. The van der Waals surface area contributed by atoms with Crippen molar-refractivity contribution in [2.75, 3.05) is 0 Å². The molecule has 0 aliphatic carbocycles. The van der Waals surface area contributed by atoms with Crippen molar-refractivity contribution in [2.24, 2.45) is 0 Å². The Morgan fingerprint density at radius 2 is 1.83 bits per heavy atom. The van der Waals surface area contributed by atoms with Crippen LogP contribution in [0.3, 0.4) is 0 Å². The minimum absolute atomic E-state index is 0.0125. The van der Waals surface area contributed by atoms with Gasteiger partial charge in [-0.2, -0.15) is 0 Å². The standard InChI is InChI=1S/C17H17ClN2O4/c1-11-5-4-6-14(15(11)17(2,3)19-16(18)21)24-13-9-7-12(8-10-13)20(22)23/h4-10H,1-3H3,(H,19,21). The molecule has 2 aromatic rings. The summed E-state index contributed by atoms with van der Waals surface area (Å²) < 4.78 is 5.88. The molecule has 2 rings (SSSR count). The van der Waals surface area contributed by atoms with Crippen LogP contribution in [-0.2, 0) is 5.54 Å². The lowest BCUT2D eigenvalue weighted by molar-refractivity contribution is -0.384. The molecular weight excluding hydrogens is 332 g/mol. The molecule has 7 heteroatoms. The Morgan fingerprint density at radius 3 is 2.38 bits per heavy atom. The number of nitro benzene ring substituents is 1. The molecule has 0 unspecified atom stereocenters. The van der Waals surface area contributed by atoms with Crippen LogP contribution in [0.25, 0.3) is 0 Å². The van der Waals surface area contributed by atoms with Gasteiger partial charge >= 0.3 is 5.37 Å². The van der Waals surface area contributed by atoms with Gasteiger partial charge in [0.15, 0.2) is 0 Å². The lowest BCUT2D eigenvalue weighted by Gasteiger charge is -2.29. The van der Waals surface area contributed by atoms with E-state index in [9.17, 15) is 14.9 Å². The van der Waals surface area contributed by atoms with Gasteiger partial charge in [0, 0.05) is 17.7 Å². The number of rotatable bonds is 5. The number of ether oxygens (including phenoxy) is 1. The Morgan fingerprint density at radius 1 is 1.21 bits per heavy atom. The van der Waals surface area contributed by atoms with Crippen molar-refractivity contribution in [1.82, 2.24) is 5.32 Å². The number of nitrogens with zero attached hydrogens (tertiary/aromatic N) is 1. The third-order valence-corrected chi connectivity index (χ3v) is 3.64. The Hall–Kier alpha value is -2.60. The fourth-order valence-corrected chi connectivity index (χ4v) is 2.83. The van der Waals surface area contributed by atoms with E-state index < -0.39 is 15.8 Å². The van der Waals surface area contributed by atoms with Crippen LogP contribution in [0, 0.1) is 17.0 Å². The van der Waals surface area contributed by atoms with E-state index in [0.29, 0.717) is 11.5 Å². The first kappa shape index (κ1) is 17.7. The molecule has 0 saturated heterocycles. The van der Waals surface area contributed by atoms with Crippen molar-refractivity contribution in [2.45, 2.75) is 26.3 Å². The molecular formula is C17H17ClN2O4. The highest BCUT2D eigenvalue weighted by Gasteiger charge is 2.28. The van der Waals surface area contributed by atoms with E-state index in [0.717, 1.165) is 11.1 Å². The van der Waals surface area contributed by atoms with E-state index in [1.54, 1.807) is 6.07 Å². The quantitative estimate of drug-likeness (QED) is 0.361. The number of carbonyl (C=O) groups is 1. The van der Waals surface area contributed by atoms with Crippen LogP contribution in [-0.4, -0.2) is 10.3 Å². The number of nitro groups is 1. The molecule has 6 nitrogen and oxygen atoms in total. The summed E-state index contributed by atoms with van der Waals surface area (Å²) in [7, 11) is 0. The molecule has 0 atom stereocenters. The van der Waals surface area contributed by atoms with Gasteiger partial charge in [-0.05, 0) is 56.1 Å². The van der Waals surface area contributed by atoms with Crippen molar-refractivity contribution < 1.29 is 14.5 Å². The zero-order valence-electron chi connectivity index (χ0n) is 13.5. The van der Waals surface area contributed by atoms with Gasteiger partial charge in [-0.25, -0.2) is 0 Å². The van der Waals surface area contributed by atoms with E-state index in [-0.39, 0.29) is 5.69 Å². The van der Waals surface area contributed by atoms with E-state index in [2.05, 4.69) is 5.32 Å². The highest BCUT2D eigenvalue weighted by atomic mass is 35.5. The Balaban J connectivity index is 2.39. The Labute approximate surface area is 144 Å². The minimum atomic E-state index is -0.750. The fraction of sp³-hybridized carbons (Fsp3) is 0.235. The Kier molecular flexibility index (Phi) is 5.09. The van der Waals surface area contributed by atoms with E-state index >= 15 is 0 Å². The van der Waals surface area contributed by atoms with Crippen LogP contribution in [0.15, 0.2) is 42.5 Å². The highest BCUT2D eigenvalue weighted by molar-refractivity contribution is 6.63.